The summed E-state index contributed by atoms with van der Waals surface area (Å²) < 4.78 is 5.35. The molecule has 82 valence electrons. The molecule has 0 aromatic carbocycles. The van der Waals surface area contributed by atoms with Crippen LogP contribution in [0, 0.1) is 0 Å². The number of nitrogens with one attached hydrogen (secondary N) is 1. The van der Waals surface area contributed by atoms with Crippen LogP contribution < -0.4 is 5.32 Å². The van der Waals surface area contributed by atoms with Crippen molar-refractivity contribution in [3.05, 3.63) is 30.1 Å². The summed E-state index contributed by atoms with van der Waals surface area (Å²) in [6.07, 6.45) is 7.40. The maximum Gasteiger partial charge on any atom is 0.0687 e. The van der Waals surface area contributed by atoms with E-state index in [1.165, 1.54) is 18.4 Å². The first-order chi connectivity index (χ1) is 7.37. The van der Waals surface area contributed by atoms with Crippen molar-refractivity contribution in [1.82, 2.24) is 10.3 Å². The lowest BCUT2D eigenvalue weighted by Crippen LogP contribution is -2.49. The first-order valence-corrected chi connectivity index (χ1v) is 5.52. The van der Waals surface area contributed by atoms with Gasteiger partial charge in [-0.25, -0.2) is 0 Å². The minimum absolute atomic E-state index is 0.0126. The highest BCUT2D eigenvalue weighted by Gasteiger charge is 2.33. The number of hydrogen-bond donors (Lipinski definition) is 1. The molecule has 0 amide bonds. The third-order valence-corrected chi connectivity index (χ3v) is 3.10. The van der Waals surface area contributed by atoms with Crippen LogP contribution in [0.25, 0.3) is 0 Å². The Bertz CT molecular complexity index is 288. The molecule has 1 aliphatic heterocycles. The normalized spacial score (nSPS) is 26.5. The molecule has 1 aromatic rings. The quantitative estimate of drug-likeness (QED) is 0.817. The van der Waals surface area contributed by atoms with E-state index in [1.807, 2.05) is 18.5 Å². The van der Waals surface area contributed by atoms with E-state index in [0.717, 1.165) is 19.6 Å². The van der Waals surface area contributed by atoms with Gasteiger partial charge < -0.3 is 10.1 Å². The first-order valence-electron chi connectivity index (χ1n) is 5.52. The number of ether oxygens (including phenoxy) is 1. The van der Waals surface area contributed by atoms with Crippen LogP contribution in [-0.4, -0.2) is 25.2 Å². The highest BCUT2D eigenvalue weighted by atomic mass is 16.5. The van der Waals surface area contributed by atoms with E-state index in [4.69, 9.17) is 4.74 Å². The summed E-state index contributed by atoms with van der Waals surface area (Å²) in [7, 11) is 1.76. The van der Waals surface area contributed by atoms with Crippen molar-refractivity contribution in [2.24, 2.45) is 0 Å². The molecule has 1 atom stereocenters. The van der Waals surface area contributed by atoms with Crippen LogP contribution in [0.1, 0.15) is 24.8 Å². The fourth-order valence-corrected chi connectivity index (χ4v) is 2.31. The number of rotatable bonds is 3. The SMILES string of the molecule is COCC1(c2cccnc2)CCCCN1. The second kappa shape index (κ2) is 4.73. The molecular weight excluding hydrogens is 188 g/mol. The minimum atomic E-state index is -0.0126. The summed E-state index contributed by atoms with van der Waals surface area (Å²) in [5, 5.41) is 3.58. The van der Waals surface area contributed by atoms with Gasteiger partial charge in [0.2, 0.25) is 0 Å². The molecule has 1 aromatic heterocycles. The fraction of sp³-hybridized carbons (Fsp3) is 0.583. The number of hydrogen-bond acceptors (Lipinski definition) is 3. The molecule has 0 spiro atoms. The van der Waals surface area contributed by atoms with E-state index >= 15 is 0 Å². The maximum absolute atomic E-state index is 5.35. The predicted octanol–water partition coefficient (Wildman–Crippen LogP) is 1.70. The highest BCUT2D eigenvalue weighted by Crippen LogP contribution is 2.29. The van der Waals surface area contributed by atoms with Gasteiger partial charge in [-0.3, -0.25) is 4.98 Å². The monoisotopic (exact) mass is 206 g/mol. The third kappa shape index (κ3) is 2.19. The Morgan fingerprint density at radius 3 is 3.07 bits per heavy atom. The van der Waals surface area contributed by atoms with Gasteiger partial charge in [0.15, 0.2) is 0 Å². The average molecular weight is 206 g/mol. The van der Waals surface area contributed by atoms with Gasteiger partial charge in [0, 0.05) is 19.5 Å². The van der Waals surface area contributed by atoms with Crippen molar-refractivity contribution in [1.29, 1.82) is 0 Å². The van der Waals surface area contributed by atoms with E-state index < -0.39 is 0 Å². The molecule has 1 aliphatic rings. The van der Waals surface area contributed by atoms with E-state index in [-0.39, 0.29) is 5.54 Å². The Labute approximate surface area is 90.9 Å². The van der Waals surface area contributed by atoms with Crippen LogP contribution in [-0.2, 0) is 10.3 Å². The number of aromatic nitrogens is 1. The molecule has 1 unspecified atom stereocenters. The molecule has 0 aliphatic carbocycles. The van der Waals surface area contributed by atoms with Gasteiger partial charge in [-0.1, -0.05) is 6.07 Å². The number of nitrogens with zero attached hydrogens (tertiary/aromatic N) is 1. The molecule has 0 saturated carbocycles. The van der Waals surface area contributed by atoms with Gasteiger partial charge in [0.25, 0.3) is 0 Å². The lowest BCUT2D eigenvalue weighted by molar-refractivity contribution is 0.0881. The summed E-state index contributed by atoms with van der Waals surface area (Å²) in [6, 6.07) is 4.12. The zero-order chi connectivity index (χ0) is 10.6. The van der Waals surface area contributed by atoms with Gasteiger partial charge in [0.1, 0.15) is 0 Å². The Kier molecular flexibility index (Phi) is 3.34. The van der Waals surface area contributed by atoms with Crippen molar-refractivity contribution < 1.29 is 4.74 Å². The largest absolute Gasteiger partial charge is 0.382 e. The summed E-state index contributed by atoms with van der Waals surface area (Å²) in [6.45, 7) is 1.79. The van der Waals surface area contributed by atoms with E-state index in [0.29, 0.717) is 0 Å². The van der Waals surface area contributed by atoms with Crippen LogP contribution >= 0.6 is 0 Å². The highest BCUT2D eigenvalue weighted by molar-refractivity contribution is 5.21. The smallest absolute Gasteiger partial charge is 0.0687 e. The van der Waals surface area contributed by atoms with Crippen molar-refractivity contribution >= 4 is 0 Å². The molecular formula is C12H18N2O. The van der Waals surface area contributed by atoms with Crippen LogP contribution in [0.5, 0.6) is 0 Å². The standard InChI is InChI=1S/C12H18N2O/c1-15-10-12(6-2-3-8-14-12)11-5-4-7-13-9-11/h4-5,7,9,14H,2-3,6,8,10H2,1H3. The molecule has 3 heteroatoms. The lowest BCUT2D eigenvalue weighted by atomic mass is 9.84. The zero-order valence-electron chi connectivity index (χ0n) is 9.20. The van der Waals surface area contributed by atoms with Crippen LogP contribution in [0.4, 0.5) is 0 Å². The Morgan fingerprint density at radius 1 is 1.53 bits per heavy atom. The van der Waals surface area contributed by atoms with E-state index in [2.05, 4.69) is 16.4 Å². The van der Waals surface area contributed by atoms with Crippen molar-refractivity contribution in [2.75, 3.05) is 20.3 Å². The molecule has 3 nitrogen and oxygen atoms in total. The Hall–Kier alpha value is -0.930. The first kappa shape index (κ1) is 10.6. The molecule has 15 heavy (non-hydrogen) atoms. The Balaban J connectivity index is 2.25. The zero-order valence-corrected chi connectivity index (χ0v) is 9.20. The summed E-state index contributed by atoms with van der Waals surface area (Å²) in [5.74, 6) is 0. The topological polar surface area (TPSA) is 34.1 Å². The van der Waals surface area contributed by atoms with Gasteiger partial charge in [-0.2, -0.15) is 0 Å². The molecule has 2 heterocycles. The maximum atomic E-state index is 5.35. The van der Waals surface area contributed by atoms with Crippen molar-refractivity contribution in [3.8, 4) is 0 Å². The molecule has 1 saturated heterocycles. The van der Waals surface area contributed by atoms with Crippen LogP contribution in [0.2, 0.25) is 0 Å². The molecule has 1 fully saturated rings. The average Bonchev–Trinajstić information content (AvgIpc) is 2.32. The van der Waals surface area contributed by atoms with Gasteiger partial charge >= 0.3 is 0 Å². The molecule has 2 rings (SSSR count). The molecule has 0 radical (unpaired) electrons. The van der Waals surface area contributed by atoms with Gasteiger partial charge in [-0.05, 0) is 37.4 Å². The van der Waals surface area contributed by atoms with E-state index in [9.17, 15) is 0 Å². The van der Waals surface area contributed by atoms with Crippen molar-refractivity contribution in [2.45, 2.75) is 24.8 Å². The Morgan fingerprint density at radius 2 is 2.47 bits per heavy atom. The van der Waals surface area contributed by atoms with Crippen LogP contribution in [0.3, 0.4) is 0 Å². The van der Waals surface area contributed by atoms with Gasteiger partial charge in [-0.15, -0.1) is 0 Å². The number of methoxy groups -OCH3 is 1. The fourth-order valence-electron chi connectivity index (χ4n) is 2.31. The molecule has 0 bridgehead atoms. The predicted molar refractivity (Wildman–Crippen MR) is 59.6 cm³/mol. The lowest BCUT2D eigenvalue weighted by Gasteiger charge is -2.38. The molecule has 1 N–H and O–H groups in total. The van der Waals surface area contributed by atoms with E-state index in [1.54, 1.807) is 7.11 Å². The van der Waals surface area contributed by atoms with Crippen molar-refractivity contribution in [3.63, 3.8) is 0 Å². The minimum Gasteiger partial charge on any atom is -0.382 e. The summed E-state index contributed by atoms with van der Waals surface area (Å²) in [4.78, 5) is 4.19. The number of pyridine rings is 1. The third-order valence-electron chi connectivity index (χ3n) is 3.10. The number of piperidine rings is 1. The second-order valence-electron chi connectivity index (χ2n) is 4.14. The second-order valence-corrected chi connectivity index (χ2v) is 4.14. The van der Waals surface area contributed by atoms with Gasteiger partial charge in [0.05, 0.1) is 12.1 Å². The van der Waals surface area contributed by atoms with Crippen LogP contribution in [0.15, 0.2) is 24.5 Å². The summed E-state index contributed by atoms with van der Waals surface area (Å²) >= 11 is 0. The summed E-state index contributed by atoms with van der Waals surface area (Å²) in [5.41, 5.74) is 1.23.